The lowest BCUT2D eigenvalue weighted by Gasteiger charge is -2.24. The van der Waals surface area contributed by atoms with Crippen LogP contribution in [0.15, 0.2) is 29.2 Å². The van der Waals surface area contributed by atoms with Crippen molar-refractivity contribution in [2.45, 2.75) is 29.3 Å². The van der Waals surface area contributed by atoms with E-state index in [1.807, 2.05) is 12.1 Å². The average molecular weight is 396 g/mol. The van der Waals surface area contributed by atoms with E-state index in [2.05, 4.69) is 4.90 Å². The maximum absolute atomic E-state index is 13.1. The van der Waals surface area contributed by atoms with Crippen LogP contribution >= 0.6 is 0 Å². The van der Waals surface area contributed by atoms with E-state index >= 15 is 0 Å². The molecule has 0 N–H and O–H groups in total. The predicted molar refractivity (Wildman–Crippen MR) is 96.4 cm³/mol. The topological polar surface area (TPSA) is 90.7 Å². The molecule has 0 radical (unpaired) electrons. The molecule has 148 valence electrons. The molecule has 8 nitrogen and oxygen atoms in total. The Morgan fingerprint density at radius 3 is 1.56 bits per heavy atom. The van der Waals surface area contributed by atoms with Gasteiger partial charge >= 0.3 is 0 Å². The van der Waals surface area contributed by atoms with E-state index in [-0.39, 0.29) is 24.4 Å². The van der Waals surface area contributed by atoms with Gasteiger partial charge in [0.15, 0.2) is 0 Å². The fourth-order valence-electron chi connectivity index (χ4n) is 3.17. The molecular weight excluding hydrogens is 372 g/mol. The van der Waals surface area contributed by atoms with Crippen molar-refractivity contribution in [2.75, 3.05) is 57.5 Å². The Kier molecular flexibility index (Phi) is 4.61. The molecule has 1 aromatic rings. The molecule has 4 heterocycles. The highest BCUT2D eigenvalue weighted by Gasteiger charge is 2.37. The Morgan fingerprint density at radius 1 is 0.741 bits per heavy atom. The molecule has 4 unspecified atom stereocenters. The van der Waals surface area contributed by atoms with Crippen molar-refractivity contribution in [3.05, 3.63) is 24.3 Å². The van der Waals surface area contributed by atoms with Gasteiger partial charge in [-0.2, -0.15) is 4.31 Å². The Morgan fingerprint density at radius 2 is 1.15 bits per heavy atom. The maximum Gasteiger partial charge on any atom is 0.243 e. The van der Waals surface area contributed by atoms with Gasteiger partial charge in [0.05, 0.1) is 55.7 Å². The molecule has 4 saturated heterocycles. The van der Waals surface area contributed by atoms with Gasteiger partial charge in [0.25, 0.3) is 0 Å². The van der Waals surface area contributed by atoms with E-state index in [0.717, 1.165) is 32.0 Å². The molecule has 1 aromatic carbocycles. The molecule has 0 bridgehead atoms. The van der Waals surface area contributed by atoms with E-state index < -0.39 is 10.0 Å². The second kappa shape index (κ2) is 6.98. The van der Waals surface area contributed by atoms with Crippen LogP contribution in [0.2, 0.25) is 0 Å². The summed E-state index contributed by atoms with van der Waals surface area (Å²) in [5.74, 6) is 0. The highest BCUT2D eigenvalue weighted by molar-refractivity contribution is 7.89. The average Bonchev–Trinajstić information content (AvgIpc) is 3.48. The first-order valence-electron chi connectivity index (χ1n) is 9.39. The van der Waals surface area contributed by atoms with Crippen molar-refractivity contribution < 1.29 is 27.4 Å². The number of benzene rings is 1. The van der Waals surface area contributed by atoms with Crippen molar-refractivity contribution in [1.82, 2.24) is 4.31 Å². The second-order valence-electron chi connectivity index (χ2n) is 7.54. The lowest BCUT2D eigenvalue weighted by atomic mass is 10.2. The van der Waals surface area contributed by atoms with Gasteiger partial charge < -0.3 is 23.8 Å². The zero-order valence-corrected chi connectivity index (χ0v) is 15.8. The van der Waals surface area contributed by atoms with Crippen LogP contribution in [0, 0.1) is 0 Å². The Hall–Kier alpha value is -1.23. The van der Waals surface area contributed by atoms with Crippen LogP contribution in [0.5, 0.6) is 0 Å². The number of ether oxygens (including phenoxy) is 4. The largest absolute Gasteiger partial charge is 0.372 e. The van der Waals surface area contributed by atoms with Crippen LogP contribution in [0.25, 0.3) is 0 Å². The first kappa shape index (κ1) is 17.8. The highest BCUT2D eigenvalue weighted by atomic mass is 32.2. The van der Waals surface area contributed by atoms with Crippen molar-refractivity contribution in [2.24, 2.45) is 0 Å². The van der Waals surface area contributed by atoms with E-state index in [4.69, 9.17) is 18.9 Å². The molecular formula is C18H24N2O6S. The van der Waals surface area contributed by atoms with Gasteiger partial charge in [0.2, 0.25) is 10.0 Å². The summed E-state index contributed by atoms with van der Waals surface area (Å²) >= 11 is 0. The highest BCUT2D eigenvalue weighted by Crippen LogP contribution is 2.27. The number of hydrogen-bond acceptors (Lipinski definition) is 7. The fraction of sp³-hybridized carbons (Fsp3) is 0.667. The molecule has 4 fully saturated rings. The maximum atomic E-state index is 13.1. The van der Waals surface area contributed by atoms with Gasteiger partial charge in [0, 0.05) is 31.9 Å². The number of sulfonamides is 1. The molecule has 4 aliphatic rings. The molecule has 4 atom stereocenters. The van der Waals surface area contributed by atoms with Crippen molar-refractivity contribution in [1.29, 1.82) is 0 Å². The monoisotopic (exact) mass is 396 g/mol. The molecule has 0 aliphatic carbocycles. The summed E-state index contributed by atoms with van der Waals surface area (Å²) in [4.78, 5) is 2.51. The van der Waals surface area contributed by atoms with Gasteiger partial charge in [-0.05, 0) is 24.3 Å². The summed E-state index contributed by atoms with van der Waals surface area (Å²) < 4.78 is 48.8. The lowest BCUT2D eigenvalue weighted by Crippen LogP contribution is -2.37. The van der Waals surface area contributed by atoms with Crippen molar-refractivity contribution in [3.8, 4) is 0 Å². The van der Waals surface area contributed by atoms with Crippen LogP contribution in [0.3, 0.4) is 0 Å². The molecule has 9 heteroatoms. The number of rotatable bonds is 11. The number of epoxide rings is 4. The smallest absolute Gasteiger partial charge is 0.243 e. The first-order valence-corrected chi connectivity index (χ1v) is 10.8. The first-order chi connectivity index (χ1) is 13.1. The second-order valence-corrected chi connectivity index (χ2v) is 9.48. The zero-order valence-electron chi connectivity index (χ0n) is 15.0. The summed E-state index contributed by atoms with van der Waals surface area (Å²) in [5, 5.41) is 0. The number of nitrogens with zero attached hydrogens (tertiary/aromatic N) is 2. The number of hydrogen-bond donors (Lipinski definition) is 0. The standard InChI is InChI=1S/C18H24N2O6S/c21-27(22,20(7-16-11-25-16)8-17-12-26-17)18-3-1-13(2-4-18)19(5-14-9-23-14)6-15-10-24-15/h1-4,14-17H,5-12H2. The third kappa shape index (κ3) is 4.61. The number of anilines is 1. The molecule has 0 aromatic heterocycles. The third-order valence-electron chi connectivity index (χ3n) is 5.11. The summed E-state index contributed by atoms with van der Waals surface area (Å²) in [6, 6.07) is 7.12. The van der Waals surface area contributed by atoms with E-state index in [1.54, 1.807) is 12.1 Å². The van der Waals surface area contributed by atoms with E-state index in [0.29, 0.717) is 31.2 Å². The Labute approximate surface area is 159 Å². The Balaban J connectivity index is 1.32. The minimum atomic E-state index is -3.57. The van der Waals surface area contributed by atoms with E-state index in [9.17, 15) is 8.42 Å². The van der Waals surface area contributed by atoms with Crippen LogP contribution in [-0.4, -0.2) is 89.7 Å². The fourth-order valence-corrected chi connectivity index (χ4v) is 4.68. The van der Waals surface area contributed by atoms with Crippen LogP contribution in [0.4, 0.5) is 5.69 Å². The van der Waals surface area contributed by atoms with Crippen LogP contribution < -0.4 is 4.90 Å². The minimum Gasteiger partial charge on any atom is -0.372 e. The third-order valence-corrected chi connectivity index (χ3v) is 6.96. The van der Waals surface area contributed by atoms with Gasteiger partial charge in [0.1, 0.15) is 0 Å². The van der Waals surface area contributed by atoms with E-state index in [1.165, 1.54) is 4.31 Å². The molecule has 0 spiro atoms. The normalized spacial score (nSPS) is 31.0. The lowest BCUT2D eigenvalue weighted by molar-refractivity contribution is 0.304. The summed E-state index contributed by atoms with van der Waals surface area (Å²) in [6.07, 6.45) is 0.537. The predicted octanol–water partition coefficient (Wildman–Crippen LogP) is 0.0789. The molecule has 0 saturated carbocycles. The molecule has 5 rings (SSSR count). The quantitative estimate of drug-likeness (QED) is 0.489. The minimum absolute atomic E-state index is 0.00498. The molecule has 0 amide bonds. The summed E-state index contributed by atoms with van der Waals surface area (Å²) in [5.41, 5.74) is 0.988. The summed E-state index contributed by atoms with van der Waals surface area (Å²) in [7, 11) is -3.57. The summed E-state index contributed by atoms with van der Waals surface area (Å²) in [6.45, 7) is 5.19. The van der Waals surface area contributed by atoms with Crippen molar-refractivity contribution in [3.63, 3.8) is 0 Å². The molecule has 27 heavy (non-hydrogen) atoms. The van der Waals surface area contributed by atoms with Gasteiger partial charge in [-0.3, -0.25) is 0 Å². The van der Waals surface area contributed by atoms with Gasteiger partial charge in [-0.15, -0.1) is 0 Å². The van der Waals surface area contributed by atoms with Gasteiger partial charge in [-0.25, -0.2) is 8.42 Å². The Bertz CT molecular complexity index is 742. The van der Waals surface area contributed by atoms with Gasteiger partial charge in [-0.1, -0.05) is 0 Å². The van der Waals surface area contributed by atoms with Crippen LogP contribution in [0.1, 0.15) is 0 Å². The zero-order chi connectivity index (χ0) is 18.4. The SMILES string of the molecule is O=S(=O)(c1ccc(N(CC2CO2)CC2CO2)cc1)N(CC1CO1)CC1CO1. The van der Waals surface area contributed by atoms with Crippen molar-refractivity contribution >= 4 is 15.7 Å². The molecule has 4 aliphatic heterocycles. The van der Waals surface area contributed by atoms with Crippen LogP contribution in [-0.2, 0) is 29.0 Å².